The van der Waals surface area contributed by atoms with Gasteiger partial charge in [0.05, 0.1) is 6.61 Å². The molecule has 0 aliphatic carbocycles. The number of hydrogen-bond donors (Lipinski definition) is 8. The lowest BCUT2D eigenvalue weighted by Crippen LogP contribution is -2.34. The van der Waals surface area contributed by atoms with Crippen molar-refractivity contribution < 1.29 is 61.4 Å². The van der Waals surface area contributed by atoms with Gasteiger partial charge in [-0.3, -0.25) is 18.9 Å². The van der Waals surface area contributed by atoms with E-state index < -0.39 is 60.2 Å². The molecule has 0 aromatic carbocycles. The van der Waals surface area contributed by atoms with Gasteiger partial charge in [-0.2, -0.15) is 13.6 Å². The summed E-state index contributed by atoms with van der Waals surface area (Å²) < 4.78 is 52.8. The molecule has 0 bridgehead atoms. The summed E-state index contributed by atoms with van der Waals surface area (Å²) in [7, 11) is -16.9. The fourth-order valence-electron chi connectivity index (χ4n) is 3.91. The molecular formula is C14H23N6O14P3. The second-order valence-electron chi connectivity index (χ2n) is 8.03. The van der Waals surface area contributed by atoms with Crippen LogP contribution in [0.15, 0.2) is 4.79 Å². The van der Waals surface area contributed by atoms with Gasteiger partial charge in [-0.25, -0.2) is 18.7 Å². The Morgan fingerprint density at radius 3 is 2.30 bits per heavy atom. The molecule has 37 heavy (non-hydrogen) atoms. The molecule has 23 heteroatoms. The van der Waals surface area contributed by atoms with Crippen molar-refractivity contribution in [2.45, 2.75) is 37.4 Å². The van der Waals surface area contributed by atoms with Crippen molar-refractivity contribution in [3.63, 3.8) is 0 Å². The number of aromatic amines is 1. The highest BCUT2D eigenvalue weighted by atomic mass is 31.3. The second kappa shape index (κ2) is 10.1. The summed E-state index contributed by atoms with van der Waals surface area (Å²) in [5.74, 6) is -0.0789. The van der Waals surface area contributed by atoms with Gasteiger partial charge >= 0.3 is 23.5 Å². The Hall–Kier alpha value is -1.76. The summed E-state index contributed by atoms with van der Waals surface area (Å²) >= 11 is 0. The fourth-order valence-corrected chi connectivity index (χ4v) is 6.94. The first kappa shape index (κ1) is 28.3. The molecular weight excluding hydrogens is 569 g/mol. The molecule has 2 aromatic rings. The van der Waals surface area contributed by atoms with E-state index in [2.05, 4.69) is 28.1 Å². The SMILES string of the molecule is Nc1nc2c(nc(N3CCCC3)n2[C@@H]2O[C@H](COP(=O)(O)OP(=O)(O)OP(=O)(O)O)[C@@H](O)[C@H]2O)c(=O)[nH]1. The van der Waals surface area contributed by atoms with Gasteiger partial charge in [-0.05, 0) is 12.8 Å². The molecule has 208 valence electrons. The van der Waals surface area contributed by atoms with Crippen molar-refractivity contribution in [3.8, 4) is 0 Å². The van der Waals surface area contributed by atoms with Gasteiger partial charge < -0.3 is 45.2 Å². The third kappa shape index (κ3) is 6.29. The standard InChI is InChI=1S/C14H23N6O14P3/c15-13-17-10-7(11(23)18-13)16-14(19-3-1-2-4-19)20(10)12-9(22)8(21)6(32-12)5-31-36(27,28)34-37(29,30)33-35(24,25)26/h6,8-9,12,21-22H,1-5H2,(H,27,28)(H,29,30)(H2,24,25,26)(H3,15,17,18,23)/t6-,8-,9-,12-/m1/s1. The summed E-state index contributed by atoms with van der Waals surface area (Å²) in [6.07, 6.45) is -4.84. The smallest absolute Gasteiger partial charge is 0.387 e. The average Bonchev–Trinajstić information content (AvgIpc) is 3.43. The number of nitrogens with zero attached hydrogens (tertiary/aromatic N) is 4. The van der Waals surface area contributed by atoms with Crippen molar-refractivity contribution >= 4 is 46.5 Å². The summed E-state index contributed by atoms with van der Waals surface area (Å²) in [5, 5.41) is 21.2. The van der Waals surface area contributed by atoms with Gasteiger partial charge in [0, 0.05) is 13.1 Å². The van der Waals surface area contributed by atoms with Gasteiger partial charge in [-0.15, -0.1) is 0 Å². The molecule has 0 spiro atoms. The number of aromatic nitrogens is 4. The lowest BCUT2D eigenvalue weighted by molar-refractivity contribution is -0.0496. The number of ether oxygens (including phenoxy) is 1. The number of imidazole rings is 1. The lowest BCUT2D eigenvalue weighted by Gasteiger charge is -2.24. The number of aliphatic hydroxyl groups excluding tert-OH is 2. The molecule has 2 fully saturated rings. The van der Waals surface area contributed by atoms with Crippen LogP contribution in [0.25, 0.3) is 11.2 Å². The number of phosphoric acid groups is 3. The molecule has 2 unspecified atom stereocenters. The van der Waals surface area contributed by atoms with Crippen LogP contribution >= 0.6 is 23.5 Å². The van der Waals surface area contributed by atoms with E-state index in [1.54, 1.807) is 4.90 Å². The Balaban J connectivity index is 1.57. The van der Waals surface area contributed by atoms with Gasteiger partial charge in [0.25, 0.3) is 5.56 Å². The first-order chi connectivity index (χ1) is 17.1. The molecule has 4 heterocycles. The average molecular weight is 592 g/mol. The number of phosphoric ester groups is 1. The van der Waals surface area contributed by atoms with E-state index in [0.29, 0.717) is 13.1 Å². The van der Waals surface area contributed by atoms with E-state index in [1.165, 1.54) is 4.57 Å². The van der Waals surface area contributed by atoms with Crippen LogP contribution in [0.4, 0.5) is 11.9 Å². The highest BCUT2D eigenvalue weighted by molar-refractivity contribution is 7.66. The summed E-state index contributed by atoms with van der Waals surface area (Å²) in [5.41, 5.74) is 4.79. The summed E-state index contributed by atoms with van der Waals surface area (Å²) in [6.45, 7) is 0.0926. The molecule has 6 atom stereocenters. The predicted octanol–water partition coefficient (Wildman–Crippen LogP) is -1.74. The molecule has 2 aliphatic heterocycles. The molecule has 0 amide bonds. The van der Waals surface area contributed by atoms with E-state index in [4.69, 9.17) is 20.3 Å². The normalized spacial score (nSPS) is 28.0. The third-order valence-corrected chi connectivity index (χ3v) is 9.15. The Morgan fingerprint density at radius 1 is 1.03 bits per heavy atom. The number of H-pyrrole nitrogens is 1. The number of fused-ring (bicyclic) bond motifs is 1. The van der Waals surface area contributed by atoms with Gasteiger partial charge in [0.15, 0.2) is 17.4 Å². The summed E-state index contributed by atoms with van der Waals surface area (Å²) in [6, 6.07) is 0. The van der Waals surface area contributed by atoms with Crippen molar-refractivity contribution in [1.82, 2.24) is 19.5 Å². The fraction of sp³-hybridized carbons (Fsp3) is 0.643. The molecule has 4 rings (SSSR count). The Bertz CT molecular complexity index is 1370. The monoisotopic (exact) mass is 592 g/mol. The number of nitrogens with one attached hydrogen (secondary N) is 1. The maximum absolute atomic E-state index is 12.4. The molecule has 0 saturated carbocycles. The van der Waals surface area contributed by atoms with Crippen molar-refractivity contribution in [2.24, 2.45) is 0 Å². The Morgan fingerprint density at radius 2 is 1.68 bits per heavy atom. The van der Waals surface area contributed by atoms with Crippen LogP contribution in [0, 0.1) is 0 Å². The van der Waals surface area contributed by atoms with Gasteiger partial charge in [-0.1, -0.05) is 0 Å². The Kier molecular flexibility index (Phi) is 7.70. The predicted molar refractivity (Wildman–Crippen MR) is 120 cm³/mol. The number of nitrogen functional groups attached to an aromatic ring is 1. The first-order valence-corrected chi connectivity index (χ1v) is 14.9. The molecule has 20 nitrogen and oxygen atoms in total. The minimum atomic E-state index is -5.76. The zero-order valence-corrected chi connectivity index (χ0v) is 21.2. The zero-order chi connectivity index (χ0) is 27.3. The lowest BCUT2D eigenvalue weighted by atomic mass is 10.1. The summed E-state index contributed by atoms with van der Waals surface area (Å²) in [4.78, 5) is 60.9. The Labute approximate surface area is 206 Å². The number of rotatable bonds is 9. The van der Waals surface area contributed by atoms with E-state index in [-0.39, 0.29) is 23.1 Å². The number of aliphatic hydroxyl groups is 2. The minimum absolute atomic E-state index is 0.0760. The largest absolute Gasteiger partial charge is 0.490 e. The van der Waals surface area contributed by atoms with Crippen molar-refractivity contribution in [2.75, 3.05) is 30.3 Å². The number of hydrogen-bond acceptors (Lipinski definition) is 14. The number of anilines is 2. The highest BCUT2D eigenvalue weighted by Crippen LogP contribution is 2.66. The molecule has 0 radical (unpaired) electrons. The van der Waals surface area contributed by atoms with Crippen LogP contribution < -0.4 is 16.2 Å². The van der Waals surface area contributed by atoms with Crippen LogP contribution in [0.5, 0.6) is 0 Å². The van der Waals surface area contributed by atoms with Crippen LogP contribution in [-0.4, -0.2) is 87.3 Å². The third-order valence-electron chi connectivity index (χ3n) is 5.35. The zero-order valence-electron chi connectivity index (χ0n) is 18.5. The van der Waals surface area contributed by atoms with Crippen LogP contribution in [0.2, 0.25) is 0 Å². The molecule has 9 N–H and O–H groups in total. The molecule has 2 aliphatic rings. The van der Waals surface area contributed by atoms with Crippen molar-refractivity contribution in [1.29, 1.82) is 0 Å². The van der Waals surface area contributed by atoms with E-state index in [9.17, 15) is 38.5 Å². The van der Waals surface area contributed by atoms with Crippen LogP contribution in [0.1, 0.15) is 19.1 Å². The minimum Gasteiger partial charge on any atom is -0.387 e. The first-order valence-electron chi connectivity index (χ1n) is 10.4. The van der Waals surface area contributed by atoms with E-state index in [0.717, 1.165) is 12.8 Å². The number of nitrogens with two attached hydrogens (primary N) is 1. The maximum atomic E-state index is 12.4. The maximum Gasteiger partial charge on any atom is 0.490 e. The van der Waals surface area contributed by atoms with E-state index >= 15 is 0 Å². The van der Waals surface area contributed by atoms with E-state index in [1.807, 2.05) is 0 Å². The van der Waals surface area contributed by atoms with Crippen LogP contribution in [-0.2, 0) is 31.6 Å². The van der Waals surface area contributed by atoms with Gasteiger partial charge in [0.2, 0.25) is 11.9 Å². The molecule has 2 aromatic heterocycles. The van der Waals surface area contributed by atoms with Crippen LogP contribution in [0.3, 0.4) is 0 Å². The topological polar surface area (TPSA) is 302 Å². The second-order valence-corrected chi connectivity index (χ2v) is 12.5. The van der Waals surface area contributed by atoms with Gasteiger partial charge in [0.1, 0.15) is 18.3 Å². The highest BCUT2D eigenvalue weighted by Gasteiger charge is 2.48. The molecule has 2 saturated heterocycles. The van der Waals surface area contributed by atoms with Crippen molar-refractivity contribution in [3.05, 3.63) is 10.4 Å². The quantitative estimate of drug-likeness (QED) is 0.150.